The first-order valence-corrected chi connectivity index (χ1v) is 9.59. The van der Waals surface area contributed by atoms with Crippen LogP contribution in [0, 0.1) is 5.92 Å². The van der Waals surface area contributed by atoms with E-state index < -0.39 is 0 Å². The number of imidazole rings is 1. The summed E-state index contributed by atoms with van der Waals surface area (Å²) in [6, 6.07) is 8.19. The number of aromatic nitrogens is 5. The topological polar surface area (TPSA) is 83.7 Å². The molecule has 1 aromatic carbocycles. The Morgan fingerprint density at radius 3 is 3.04 bits per heavy atom. The number of hydrogen-bond donors (Lipinski definition) is 1. The lowest BCUT2D eigenvalue weighted by Crippen LogP contribution is -2.37. The Morgan fingerprint density at radius 2 is 2.15 bits per heavy atom. The quantitative estimate of drug-likeness (QED) is 0.598. The van der Waals surface area contributed by atoms with E-state index >= 15 is 0 Å². The van der Waals surface area contributed by atoms with Gasteiger partial charge < -0.3 is 14.3 Å². The predicted molar refractivity (Wildman–Crippen MR) is 104 cm³/mol. The summed E-state index contributed by atoms with van der Waals surface area (Å²) in [6.07, 6.45) is 5.60. The normalized spacial score (nSPS) is 17.8. The zero-order chi connectivity index (χ0) is 18.2. The zero-order valence-electron chi connectivity index (χ0n) is 15.4. The maximum absolute atomic E-state index is 5.70. The Hall–Kier alpha value is -2.96. The molecule has 1 fully saturated rings. The lowest BCUT2D eigenvalue weighted by atomic mass is 9.94. The molecule has 1 aliphatic heterocycles. The van der Waals surface area contributed by atoms with Gasteiger partial charge >= 0.3 is 0 Å². The van der Waals surface area contributed by atoms with E-state index in [0.717, 1.165) is 60.5 Å². The Labute approximate surface area is 156 Å². The van der Waals surface area contributed by atoms with Crippen LogP contribution in [0.5, 0.6) is 0 Å². The van der Waals surface area contributed by atoms with E-state index in [1.807, 2.05) is 19.1 Å². The van der Waals surface area contributed by atoms with E-state index in [2.05, 4.69) is 37.0 Å². The fraction of sp³-hybridized carbons (Fsp3) is 0.400. The molecule has 4 aromatic rings. The van der Waals surface area contributed by atoms with Crippen LogP contribution in [0.1, 0.15) is 31.5 Å². The van der Waals surface area contributed by atoms with Crippen LogP contribution < -0.4 is 4.90 Å². The van der Waals surface area contributed by atoms with Crippen molar-refractivity contribution in [3.8, 4) is 0 Å². The molecule has 0 aliphatic carbocycles. The maximum Gasteiger partial charge on any atom is 0.252 e. The standard InChI is InChI=1S/C20H22N6O/c1-2-17-25-18-19(21-12-22-20(18)27-17)26-9-5-6-13(11-26)10-16-23-14-7-3-4-8-15(14)24-16/h3-4,7-8,12-13H,2,5-6,9-11H2,1H3,(H,23,24)/t13-/m0/s1. The van der Waals surface area contributed by atoms with Gasteiger partial charge in [-0.15, -0.1) is 0 Å². The Morgan fingerprint density at radius 1 is 1.22 bits per heavy atom. The summed E-state index contributed by atoms with van der Waals surface area (Å²) in [5.74, 6) is 3.19. The number of H-pyrrole nitrogens is 1. The summed E-state index contributed by atoms with van der Waals surface area (Å²) in [7, 11) is 0. The second-order valence-electron chi connectivity index (χ2n) is 7.17. The first-order chi connectivity index (χ1) is 13.3. The van der Waals surface area contributed by atoms with Crippen molar-refractivity contribution in [1.29, 1.82) is 0 Å². The summed E-state index contributed by atoms with van der Waals surface area (Å²) in [6.45, 7) is 3.95. The van der Waals surface area contributed by atoms with Crippen molar-refractivity contribution in [2.24, 2.45) is 5.92 Å². The first-order valence-electron chi connectivity index (χ1n) is 9.59. The molecule has 1 N–H and O–H groups in total. The molecule has 0 spiro atoms. The molecule has 0 radical (unpaired) electrons. The highest BCUT2D eigenvalue weighted by molar-refractivity contribution is 5.81. The zero-order valence-corrected chi connectivity index (χ0v) is 15.4. The Kier molecular flexibility index (Phi) is 3.99. The van der Waals surface area contributed by atoms with E-state index in [9.17, 15) is 0 Å². The lowest BCUT2D eigenvalue weighted by Gasteiger charge is -2.33. The second kappa shape index (κ2) is 6.64. The number of nitrogens with zero attached hydrogens (tertiary/aromatic N) is 5. The number of hydrogen-bond acceptors (Lipinski definition) is 6. The van der Waals surface area contributed by atoms with Gasteiger partial charge in [-0.1, -0.05) is 19.1 Å². The van der Waals surface area contributed by atoms with Crippen molar-refractivity contribution in [3.63, 3.8) is 0 Å². The highest BCUT2D eigenvalue weighted by Gasteiger charge is 2.25. The fourth-order valence-electron chi connectivity index (χ4n) is 3.97. The summed E-state index contributed by atoms with van der Waals surface area (Å²) < 4.78 is 5.70. The number of nitrogens with one attached hydrogen (secondary N) is 1. The Bertz CT molecular complexity index is 1050. The molecule has 1 atom stereocenters. The van der Waals surface area contributed by atoms with Crippen LogP contribution in [0.15, 0.2) is 35.0 Å². The molecule has 27 heavy (non-hydrogen) atoms. The molecule has 4 heterocycles. The number of aryl methyl sites for hydroxylation is 1. The van der Waals surface area contributed by atoms with Crippen molar-refractivity contribution in [2.45, 2.75) is 32.6 Å². The first kappa shape index (κ1) is 16.2. The van der Waals surface area contributed by atoms with Crippen LogP contribution in [0.25, 0.3) is 22.3 Å². The van der Waals surface area contributed by atoms with E-state index in [-0.39, 0.29) is 0 Å². The molecule has 7 nitrogen and oxygen atoms in total. The summed E-state index contributed by atoms with van der Waals surface area (Å²) in [5.41, 5.74) is 3.50. The molecule has 7 heteroatoms. The molecule has 3 aromatic heterocycles. The molecule has 5 rings (SSSR count). The fourth-order valence-corrected chi connectivity index (χ4v) is 3.97. The molecule has 0 bridgehead atoms. The third-order valence-electron chi connectivity index (χ3n) is 5.26. The average Bonchev–Trinajstić information content (AvgIpc) is 3.30. The average molecular weight is 362 g/mol. The maximum atomic E-state index is 5.70. The number of aromatic amines is 1. The smallest absolute Gasteiger partial charge is 0.252 e. The van der Waals surface area contributed by atoms with Crippen LogP contribution in [0.3, 0.4) is 0 Å². The highest BCUT2D eigenvalue weighted by Crippen LogP contribution is 2.29. The monoisotopic (exact) mass is 362 g/mol. The van der Waals surface area contributed by atoms with Gasteiger partial charge in [0.05, 0.1) is 11.0 Å². The van der Waals surface area contributed by atoms with E-state index in [1.165, 1.54) is 6.42 Å². The van der Waals surface area contributed by atoms with Crippen LogP contribution >= 0.6 is 0 Å². The summed E-state index contributed by atoms with van der Waals surface area (Å²) >= 11 is 0. The van der Waals surface area contributed by atoms with Crippen molar-refractivity contribution >= 4 is 28.1 Å². The number of piperidine rings is 1. The molecule has 0 amide bonds. The molecular formula is C20H22N6O. The van der Waals surface area contributed by atoms with E-state index in [0.29, 0.717) is 17.5 Å². The summed E-state index contributed by atoms with van der Waals surface area (Å²) in [4.78, 5) is 23.9. The minimum atomic E-state index is 0.530. The number of fused-ring (bicyclic) bond motifs is 2. The molecular weight excluding hydrogens is 340 g/mol. The largest absolute Gasteiger partial charge is 0.422 e. The van der Waals surface area contributed by atoms with Gasteiger partial charge in [-0.3, -0.25) is 0 Å². The van der Waals surface area contributed by atoms with Gasteiger partial charge in [0, 0.05) is 25.9 Å². The van der Waals surface area contributed by atoms with Gasteiger partial charge in [0.25, 0.3) is 5.71 Å². The van der Waals surface area contributed by atoms with Crippen molar-refractivity contribution < 1.29 is 4.42 Å². The molecule has 138 valence electrons. The third-order valence-corrected chi connectivity index (χ3v) is 5.26. The minimum Gasteiger partial charge on any atom is -0.422 e. The predicted octanol–water partition coefficient (Wildman–Crippen LogP) is 3.52. The van der Waals surface area contributed by atoms with Crippen molar-refractivity contribution in [1.82, 2.24) is 24.9 Å². The van der Waals surface area contributed by atoms with Gasteiger partial charge in [0.15, 0.2) is 17.2 Å². The highest BCUT2D eigenvalue weighted by atomic mass is 16.4. The van der Waals surface area contributed by atoms with Crippen LogP contribution in [0.2, 0.25) is 0 Å². The second-order valence-corrected chi connectivity index (χ2v) is 7.17. The molecule has 1 aliphatic rings. The number of para-hydroxylation sites is 2. The van der Waals surface area contributed by atoms with Crippen LogP contribution in [-0.2, 0) is 12.8 Å². The summed E-state index contributed by atoms with van der Waals surface area (Å²) in [5, 5.41) is 0. The van der Waals surface area contributed by atoms with Crippen molar-refractivity contribution in [2.75, 3.05) is 18.0 Å². The van der Waals surface area contributed by atoms with E-state index in [1.54, 1.807) is 6.33 Å². The number of oxazole rings is 1. The molecule has 1 saturated heterocycles. The lowest BCUT2D eigenvalue weighted by molar-refractivity contribution is 0.406. The third kappa shape index (κ3) is 3.03. The van der Waals surface area contributed by atoms with Gasteiger partial charge in [0.2, 0.25) is 0 Å². The number of benzene rings is 1. The van der Waals surface area contributed by atoms with Crippen LogP contribution in [-0.4, -0.2) is 38.0 Å². The van der Waals surface area contributed by atoms with Gasteiger partial charge in [-0.2, -0.15) is 4.98 Å². The van der Waals surface area contributed by atoms with E-state index in [4.69, 9.17) is 9.40 Å². The number of rotatable bonds is 4. The van der Waals surface area contributed by atoms with Gasteiger partial charge in [0.1, 0.15) is 12.2 Å². The van der Waals surface area contributed by atoms with Crippen molar-refractivity contribution in [3.05, 3.63) is 42.3 Å². The van der Waals surface area contributed by atoms with Gasteiger partial charge in [-0.05, 0) is 30.9 Å². The number of anilines is 1. The minimum absolute atomic E-state index is 0.530. The molecule has 0 unspecified atom stereocenters. The van der Waals surface area contributed by atoms with Gasteiger partial charge in [-0.25, -0.2) is 15.0 Å². The SMILES string of the molecule is CCc1nc2c(N3CCC[C@@H](Cc4nc5ccccc5[nH]4)C3)ncnc2o1. The van der Waals surface area contributed by atoms with Crippen LogP contribution in [0.4, 0.5) is 5.82 Å². The molecule has 0 saturated carbocycles. The Balaban J connectivity index is 1.38.